The summed E-state index contributed by atoms with van der Waals surface area (Å²) in [6.07, 6.45) is 1.92. The van der Waals surface area contributed by atoms with Crippen molar-refractivity contribution in [3.63, 3.8) is 0 Å². The number of ketones is 1. The van der Waals surface area contributed by atoms with Crippen LogP contribution in [0.25, 0.3) is 0 Å². The van der Waals surface area contributed by atoms with E-state index in [1.807, 2.05) is 0 Å². The minimum absolute atomic E-state index is 0. The van der Waals surface area contributed by atoms with Crippen LogP contribution >= 0.6 is 12.4 Å². The Morgan fingerprint density at radius 3 is 2.26 bits per heavy atom. The minimum Gasteiger partial charge on any atom is -0.497 e. The molecule has 1 aromatic carbocycles. The first kappa shape index (κ1) is 15.1. The molecule has 1 unspecified atom stereocenters. The first-order valence-electron chi connectivity index (χ1n) is 5.48. The summed E-state index contributed by atoms with van der Waals surface area (Å²) in [6, 6.07) is 9.87. The Labute approximate surface area is 117 Å². The fourth-order valence-electron chi connectivity index (χ4n) is 1.61. The highest BCUT2D eigenvalue weighted by atomic mass is 35.5. The van der Waals surface area contributed by atoms with Crippen LogP contribution in [0, 0.1) is 0 Å². The van der Waals surface area contributed by atoms with Gasteiger partial charge in [0.05, 0.1) is 7.11 Å². The summed E-state index contributed by atoms with van der Waals surface area (Å²) < 4.78 is 5.01. The quantitative estimate of drug-likeness (QED) is 0.873. The van der Waals surface area contributed by atoms with Gasteiger partial charge in [-0.1, -0.05) is 0 Å². The Bertz CT molecular complexity index is 528. The number of halogens is 1. The van der Waals surface area contributed by atoms with Crippen molar-refractivity contribution < 1.29 is 14.6 Å². The second-order valence-electron chi connectivity index (χ2n) is 3.78. The number of benzene rings is 1. The molecule has 1 atom stereocenters. The van der Waals surface area contributed by atoms with Crippen molar-refractivity contribution in [3.8, 4) is 5.75 Å². The maximum Gasteiger partial charge on any atom is 0.195 e. The van der Waals surface area contributed by atoms with Crippen molar-refractivity contribution in [2.45, 2.75) is 6.10 Å². The molecule has 19 heavy (non-hydrogen) atoms. The maximum atomic E-state index is 12.0. The third-order valence-electron chi connectivity index (χ3n) is 2.64. The number of rotatable bonds is 4. The Balaban J connectivity index is 0.00000180. The van der Waals surface area contributed by atoms with Crippen molar-refractivity contribution in [3.05, 3.63) is 59.9 Å². The molecule has 1 aromatic heterocycles. The van der Waals surface area contributed by atoms with Crippen LogP contribution in [-0.2, 0) is 0 Å². The molecule has 1 N–H and O–H groups in total. The molecule has 2 aromatic rings. The SMILES string of the molecule is COc1ccc(C(=O)C(O)c2ccncc2)cc1.Cl. The lowest BCUT2D eigenvalue weighted by Crippen LogP contribution is -2.12. The van der Waals surface area contributed by atoms with Gasteiger partial charge in [0.15, 0.2) is 5.78 Å². The van der Waals surface area contributed by atoms with Crippen LogP contribution in [0.1, 0.15) is 22.0 Å². The van der Waals surface area contributed by atoms with Crippen LogP contribution in [0.3, 0.4) is 0 Å². The number of hydrogen-bond acceptors (Lipinski definition) is 4. The lowest BCUT2D eigenvalue weighted by molar-refractivity contribution is 0.0747. The summed E-state index contributed by atoms with van der Waals surface area (Å²) >= 11 is 0. The maximum absolute atomic E-state index is 12.0. The van der Waals surface area contributed by atoms with Crippen LogP contribution < -0.4 is 4.74 Å². The molecule has 100 valence electrons. The zero-order valence-electron chi connectivity index (χ0n) is 10.3. The number of methoxy groups -OCH3 is 1. The Hall–Kier alpha value is -1.91. The topological polar surface area (TPSA) is 59.4 Å². The normalized spacial score (nSPS) is 11.3. The van der Waals surface area contributed by atoms with Crippen molar-refractivity contribution in [1.29, 1.82) is 0 Å². The standard InChI is InChI=1S/C14H13NO3.ClH/c1-18-12-4-2-10(3-5-12)13(16)14(17)11-6-8-15-9-7-11;/h2-9,14,17H,1H3;1H. The average molecular weight is 280 g/mol. The molecule has 0 aliphatic rings. The Kier molecular flexibility index (Phi) is 5.48. The highest BCUT2D eigenvalue weighted by Gasteiger charge is 2.18. The molecule has 4 nitrogen and oxygen atoms in total. The number of aliphatic hydroxyl groups excluding tert-OH is 1. The van der Waals surface area contributed by atoms with E-state index in [4.69, 9.17) is 4.74 Å². The second-order valence-corrected chi connectivity index (χ2v) is 3.78. The van der Waals surface area contributed by atoms with Crippen molar-refractivity contribution >= 4 is 18.2 Å². The molecule has 0 fully saturated rings. The van der Waals surface area contributed by atoms with E-state index in [0.717, 1.165) is 0 Å². The van der Waals surface area contributed by atoms with Crippen LogP contribution in [0.4, 0.5) is 0 Å². The van der Waals surface area contributed by atoms with E-state index >= 15 is 0 Å². The molecule has 0 radical (unpaired) electrons. The number of hydrogen-bond donors (Lipinski definition) is 1. The largest absolute Gasteiger partial charge is 0.497 e. The molecule has 0 saturated carbocycles. The van der Waals surface area contributed by atoms with E-state index in [9.17, 15) is 9.90 Å². The number of carbonyl (C=O) groups excluding carboxylic acids is 1. The predicted octanol–water partition coefficient (Wildman–Crippen LogP) is 2.43. The van der Waals surface area contributed by atoms with E-state index in [2.05, 4.69) is 4.98 Å². The third kappa shape index (κ3) is 3.53. The summed E-state index contributed by atoms with van der Waals surface area (Å²) in [5.41, 5.74) is 0.978. The van der Waals surface area contributed by atoms with Gasteiger partial charge in [0.25, 0.3) is 0 Å². The molecule has 0 amide bonds. The Morgan fingerprint density at radius 2 is 1.74 bits per heavy atom. The van der Waals surface area contributed by atoms with Gasteiger partial charge in [0.2, 0.25) is 0 Å². The smallest absolute Gasteiger partial charge is 0.195 e. The summed E-state index contributed by atoms with van der Waals surface area (Å²) in [4.78, 5) is 15.9. The summed E-state index contributed by atoms with van der Waals surface area (Å²) in [5.74, 6) is 0.328. The minimum atomic E-state index is -1.17. The van der Waals surface area contributed by atoms with E-state index < -0.39 is 6.10 Å². The molecule has 0 aliphatic heterocycles. The first-order valence-corrected chi connectivity index (χ1v) is 5.48. The summed E-state index contributed by atoms with van der Waals surface area (Å²) in [6.45, 7) is 0. The molecule has 2 rings (SSSR count). The Morgan fingerprint density at radius 1 is 1.16 bits per heavy atom. The number of ether oxygens (including phenoxy) is 1. The zero-order chi connectivity index (χ0) is 13.0. The highest BCUT2D eigenvalue weighted by molar-refractivity contribution is 5.99. The van der Waals surface area contributed by atoms with Crippen molar-refractivity contribution in [2.75, 3.05) is 7.11 Å². The fraction of sp³-hybridized carbons (Fsp3) is 0.143. The van der Waals surface area contributed by atoms with Gasteiger partial charge in [-0.15, -0.1) is 12.4 Å². The molecular weight excluding hydrogens is 266 g/mol. The summed E-state index contributed by atoms with van der Waals surface area (Å²) in [7, 11) is 1.56. The van der Waals surface area contributed by atoms with Gasteiger partial charge in [0, 0.05) is 18.0 Å². The number of aliphatic hydroxyl groups is 1. The van der Waals surface area contributed by atoms with Crippen molar-refractivity contribution in [2.24, 2.45) is 0 Å². The average Bonchev–Trinajstić information content (AvgIpc) is 2.47. The molecule has 5 heteroatoms. The van der Waals surface area contributed by atoms with Crippen LogP contribution in [0.2, 0.25) is 0 Å². The van der Waals surface area contributed by atoms with Crippen LogP contribution in [0.5, 0.6) is 5.75 Å². The molecular formula is C14H14ClNO3. The predicted molar refractivity (Wildman–Crippen MR) is 73.8 cm³/mol. The van der Waals surface area contributed by atoms with E-state index in [-0.39, 0.29) is 18.2 Å². The lowest BCUT2D eigenvalue weighted by Gasteiger charge is -2.10. The molecule has 0 bridgehead atoms. The van der Waals surface area contributed by atoms with E-state index in [1.54, 1.807) is 55.9 Å². The molecule has 0 spiro atoms. The number of nitrogens with zero attached hydrogens (tertiary/aromatic N) is 1. The van der Waals surface area contributed by atoms with Gasteiger partial charge < -0.3 is 9.84 Å². The number of pyridine rings is 1. The van der Waals surface area contributed by atoms with Crippen LogP contribution in [-0.4, -0.2) is 23.0 Å². The van der Waals surface area contributed by atoms with Gasteiger partial charge in [-0.25, -0.2) is 0 Å². The highest BCUT2D eigenvalue weighted by Crippen LogP contribution is 2.19. The van der Waals surface area contributed by atoms with E-state index in [0.29, 0.717) is 16.9 Å². The fourth-order valence-corrected chi connectivity index (χ4v) is 1.61. The zero-order valence-corrected chi connectivity index (χ0v) is 11.1. The van der Waals surface area contributed by atoms with Gasteiger partial charge >= 0.3 is 0 Å². The molecule has 0 saturated heterocycles. The van der Waals surface area contributed by atoms with Gasteiger partial charge in [-0.05, 0) is 42.0 Å². The van der Waals surface area contributed by atoms with Crippen LogP contribution in [0.15, 0.2) is 48.8 Å². The number of aromatic nitrogens is 1. The first-order chi connectivity index (χ1) is 8.72. The van der Waals surface area contributed by atoms with E-state index in [1.165, 1.54) is 0 Å². The monoisotopic (exact) mass is 279 g/mol. The molecule has 1 heterocycles. The molecule has 0 aliphatic carbocycles. The van der Waals surface area contributed by atoms with Crippen molar-refractivity contribution in [1.82, 2.24) is 4.98 Å². The summed E-state index contributed by atoms with van der Waals surface area (Å²) in [5, 5.41) is 9.96. The number of carbonyl (C=O) groups is 1. The van der Waals surface area contributed by atoms with Gasteiger partial charge in [-0.3, -0.25) is 9.78 Å². The van der Waals surface area contributed by atoms with Gasteiger partial charge in [-0.2, -0.15) is 0 Å². The number of Topliss-reactive ketones (excluding diaryl/α,β-unsaturated/α-hetero) is 1. The third-order valence-corrected chi connectivity index (χ3v) is 2.64. The van der Waals surface area contributed by atoms with Gasteiger partial charge in [0.1, 0.15) is 11.9 Å². The lowest BCUT2D eigenvalue weighted by atomic mass is 10.0. The second kappa shape index (κ2) is 6.87.